The average Bonchev–Trinajstić information content (AvgIpc) is 2.69. The molecule has 0 saturated heterocycles. The van der Waals surface area contributed by atoms with Crippen molar-refractivity contribution in [3.63, 3.8) is 0 Å². The molecule has 0 aliphatic heterocycles. The van der Waals surface area contributed by atoms with Gasteiger partial charge in [0.1, 0.15) is 5.69 Å². The van der Waals surface area contributed by atoms with E-state index >= 15 is 0 Å². The van der Waals surface area contributed by atoms with Crippen molar-refractivity contribution in [2.24, 2.45) is 0 Å². The van der Waals surface area contributed by atoms with E-state index in [1.807, 2.05) is 25.1 Å². The number of nitrogens with zero attached hydrogens (tertiary/aromatic N) is 2. The molecule has 1 heterocycles. The Labute approximate surface area is 164 Å². The Morgan fingerprint density at radius 1 is 0.964 bits per heavy atom. The highest BCUT2D eigenvalue weighted by Gasteiger charge is 2.11. The van der Waals surface area contributed by atoms with Crippen LogP contribution in [0.1, 0.15) is 39.0 Å². The SMILES string of the molecule is CC(=O)c1ccc(NC(=O)c2cc(C)nc(NCCc3ccccc3)n2)cc1. The molecule has 0 fully saturated rings. The third-order valence-electron chi connectivity index (χ3n) is 4.18. The predicted octanol–water partition coefficient (Wildman–Crippen LogP) is 3.89. The topological polar surface area (TPSA) is 84.0 Å². The molecule has 1 aromatic heterocycles. The smallest absolute Gasteiger partial charge is 0.274 e. The minimum atomic E-state index is -0.327. The molecule has 142 valence electrons. The van der Waals surface area contributed by atoms with Gasteiger partial charge < -0.3 is 10.6 Å². The molecule has 0 aliphatic carbocycles. The minimum Gasteiger partial charge on any atom is -0.354 e. The molecule has 2 aromatic carbocycles. The van der Waals surface area contributed by atoms with E-state index < -0.39 is 0 Å². The zero-order valence-electron chi connectivity index (χ0n) is 15.9. The van der Waals surface area contributed by atoms with Crippen LogP contribution >= 0.6 is 0 Å². The Morgan fingerprint density at radius 2 is 1.68 bits per heavy atom. The molecular formula is C22H22N4O2. The first-order valence-corrected chi connectivity index (χ1v) is 9.07. The fourth-order valence-corrected chi connectivity index (χ4v) is 2.71. The minimum absolute atomic E-state index is 0.0180. The van der Waals surface area contributed by atoms with Crippen molar-refractivity contribution < 1.29 is 9.59 Å². The Kier molecular flexibility index (Phi) is 6.11. The Balaban J connectivity index is 1.64. The first-order valence-electron chi connectivity index (χ1n) is 9.07. The normalized spacial score (nSPS) is 10.4. The lowest BCUT2D eigenvalue weighted by Crippen LogP contribution is -2.17. The number of carbonyl (C=O) groups excluding carboxylic acids is 2. The van der Waals surface area contributed by atoms with Crippen LogP contribution in [0.25, 0.3) is 0 Å². The van der Waals surface area contributed by atoms with E-state index in [0.717, 1.165) is 6.42 Å². The summed E-state index contributed by atoms with van der Waals surface area (Å²) in [7, 11) is 0. The van der Waals surface area contributed by atoms with Gasteiger partial charge in [-0.2, -0.15) is 0 Å². The first-order chi connectivity index (χ1) is 13.5. The van der Waals surface area contributed by atoms with Crippen LogP contribution in [0.5, 0.6) is 0 Å². The van der Waals surface area contributed by atoms with Gasteiger partial charge in [0.25, 0.3) is 5.91 Å². The van der Waals surface area contributed by atoms with Crippen LogP contribution in [0, 0.1) is 6.92 Å². The number of aryl methyl sites for hydroxylation is 1. The van der Waals surface area contributed by atoms with E-state index in [4.69, 9.17) is 0 Å². The van der Waals surface area contributed by atoms with E-state index in [1.54, 1.807) is 30.3 Å². The van der Waals surface area contributed by atoms with Gasteiger partial charge in [0.2, 0.25) is 5.95 Å². The molecule has 0 atom stereocenters. The van der Waals surface area contributed by atoms with Crippen LogP contribution in [0.3, 0.4) is 0 Å². The zero-order valence-corrected chi connectivity index (χ0v) is 15.9. The summed E-state index contributed by atoms with van der Waals surface area (Å²) in [5.41, 5.74) is 3.40. The van der Waals surface area contributed by atoms with Crippen molar-refractivity contribution in [1.29, 1.82) is 0 Å². The maximum absolute atomic E-state index is 12.5. The lowest BCUT2D eigenvalue weighted by molar-refractivity contribution is 0.101. The van der Waals surface area contributed by atoms with Crippen LogP contribution in [0.2, 0.25) is 0 Å². The van der Waals surface area contributed by atoms with Crippen LogP contribution in [-0.4, -0.2) is 28.2 Å². The van der Waals surface area contributed by atoms with Gasteiger partial charge in [0.05, 0.1) is 0 Å². The van der Waals surface area contributed by atoms with Crippen molar-refractivity contribution in [1.82, 2.24) is 9.97 Å². The summed E-state index contributed by atoms with van der Waals surface area (Å²) < 4.78 is 0. The standard InChI is InChI=1S/C22H22N4O2/c1-15-14-20(21(28)25-19-10-8-18(9-11-19)16(2)27)26-22(24-15)23-13-12-17-6-4-3-5-7-17/h3-11,14H,12-13H2,1-2H3,(H,25,28)(H,23,24,26). The molecule has 3 rings (SSSR count). The lowest BCUT2D eigenvalue weighted by Gasteiger charge is -2.09. The summed E-state index contributed by atoms with van der Waals surface area (Å²) in [6.45, 7) is 3.99. The Bertz CT molecular complexity index is 970. The van der Waals surface area contributed by atoms with Crippen molar-refractivity contribution in [3.05, 3.63) is 83.2 Å². The van der Waals surface area contributed by atoms with E-state index in [0.29, 0.717) is 29.4 Å². The highest BCUT2D eigenvalue weighted by Crippen LogP contribution is 2.13. The van der Waals surface area contributed by atoms with Crippen molar-refractivity contribution >= 4 is 23.3 Å². The molecule has 0 bridgehead atoms. The third kappa shape index (κ3) is 5.23. The summed E-state index contributed by atoms with van der Waals surface area (Å²) in [6, 6.07) is 18.5. The molecule has 1 amide bonds. The van der Waals surface area contributed by atoms with Crippen molar-refractivity contribution in [2.75, 3.05) is 17.2 Å². The van der Waals surface area contributed by atoms with Crippen LogP contribution < -0.4 is 10.6 Å². The molecule has 0 radical (unpaired) electrons. The molecule has 3 aromatic rings. The molecule has 6 nitrogen and oxygen atoms in total. The van der Waals surface area contributed by atoms with Gasteiger partial charge in [-0.25, -0.2) is 9.97 Å². The lowest BCUT2D eigenvalue weighted by atomic mass is 10.1. The summed E-state index contributed by atoms with van der Waals surface area (Å²) in [5.74, 6) is 0.0794. The molecule has 2 N–H and O–H groups in total. The van der Waals surface area contributed by atoms with E-state index in [9.17, 15) is 9.59 Å². The predicted molar refractivity (Wildman–Crippen MR) is 110 cm³/mol. The van der Waals surface area contributed by atoms with E-state index in [-0.39, 0.29) is 17.4 Å². The second-order valence-corrected chi connectivity index (χ2v) is 6.47. The second-order valence-electron chi connectivity index (χ2n) is 6.47. The number of aromatic nitrogens is 2. The monoisotopic (exact) mass is 374 g/mol. The largest absolute Gasteiger partial charge is 0.354 e. The zero-order chi connectivity index (χ0) is 19.9. The number of anilines is 2. The number of amides is 1. The first kappa shape index (κ1) is 19.2. The molecular weight excluding hydrogens is 352 g/mol. The van der Waals surface area contributed by atoms with Crippen molar-refractivity contribution in [3.8, 4) is 0 Å². The number of hydrogen-bond acceptors (Lipinski definition) is 5. The van der Waals surface area contributed by atoms with Crippen LogP contribution in [-0.2, 0) is 6.42 Å². The second kappa shape index (κ2) is 8.90. The number of Topliss-reactive ketones (excluding diaryl/α,β-unsaturated/α-hetero) is 1. The van der Waals surface area contributed by atoms with Gasteiger partial charge in [-0.3, -0.25) is 9.59 Å². The van der Waals surface area contributed by atoms with Crippen molar-refractivity contribution in [2.45, 2.75) is 20.3 Å². The summed E-state index contributed by atoms with van der Waals surface area (Å²) in [5, 5.41) is 5.97. The summed E-state index contributed by atoms with van der Waals surface area (Å²) >= 11 is 0. The summed E-state index contributed by atoms with van der Waals surface area (Å²) in [6.07, 6.45) is 0.835. The highest BCUT2D eigenvalue weighted by atomic mass is 16.2. The molecule has 6 heteroatoms. The highest BCUT2D eigenvalue weighted by molar-refractivity contribution is 6.03. The Morgan fingerprint density at radius 3 is 2.36 bits per heavy atom. The number of nitrogens with one attached hydrogen (secondary N) is 2. The fraction of sp³-hybridized carbons (Fsp3) is 0.182. The quantitative estimate of drug-likeness (QED) is 0.613. The third-order valence-corrected chi connectivity index (χ3v) is 4.18. The molecule has 0 aliphatic rings. The molecule has 0 saturated carbocycles. The van der Waals surface area contributed by atoms with Crippen LogP contribution in [0.15, 0.2) is 60.7 Å². The van der Waals surface area contributed by atoms with Gasteiger partial charge in [-0.15, -0.1) is 0 Å². The van der Waals surface area contributed by atoms with Gasteiger partial charge >= 0.3 is 0 Å². The number of ketones is 1. The fourth-order valence-electron chi connectivity index (χ4n) is 2.71. The average molecular weight is 374 g/mol. The van der Waals surface area contributed by atoms with E-state index in [2.05, 4.69) is 32.7 Å². The van der Waals surface area contributed by atoms with Gasteiger partial charge in [-0.1, -0.05) is 30.3 Å². The Hall–Kier alpha value is -3.54. The number of benzene rings is 2. The maximum Gasteiger partial charge on any atom is 0.274 e. The molecule has 0 unspecified atom stereocenters. The molecule has 0 spiro atoms. The van der Waals surface area contributed by atoms with Crippen LogP contribution in [0.4, 0.5) is 11.6 Å². The maximum atomic E-state index is 12.5. The van der Waals surface area contributed by atoms with Gasteiger partial charge in [0.15, 0.2) is 5.78 Å². The van der Waals surface area contributed by atoms with E-state index in [1.165, 1.54) is 12.5 Å². The summed E-state index contributed by atoms with van der Waals surface area (Å²) in [4.78, 5) is 32.5. The van der Waals surface area contributed by atoms with Gasteiger partial charge in [-0.05, 0) is 56.2 Å². The number of carbonyl (C=O) groups is 2. The molecule has 28 heavy (non-hydrogen) atoms. The number of rotatable bonds is 7. The number of hydrogen-bond donors (Lipinski definition) is 2. The van der Waals surface area contributed by atoms with Gasteiger partial charge in [0, 0.05) is 23.5 Å².